The number of nitrogens with one attached hydrogen (secondary N) is 2. The fourth-order valence-electron chi connectivity index (χ4n) is 0.558. The van der Waals surface area contributed by atoms with Crippen molar-refractivity contribution in [1.82, 2.24) is 10.9 Å². The summed E-state index contributed by atoms with van der Waals surface area (Å²) in [5.74, 6) is 0.618. The zero-order valence-electron chi connectivity index (χ0n) is 4.79. The number of nitrogens with zero attached hydrogens (tertiary/aromatic N) is 1. The lowest BCUT2D eigenvalue weighted by atomic mass is 10.6. The fraction of sp³-hybridized carbons (Fsp3) is 0.500. The van der Waals surface area contributed by atoms with Gasteiger partial charge in [-0.05, 0) is 0 Å². The van der Waals surface area contributed by atoms with Crippen LogP contribution in [0.3, 0.4) is 0 Å². The molecule has 5 heteroatoms. The SMILES string of the molecule is NCC1=NC(C=O)NN1. The highest BCUT2D eigenvalue weighted by atomic mass is 16.1. The van der Waals surface area contributed by atoms with Gasteiger partial charge >= 0.3 is 0 Å². The second-order valence-electron chi connectivity index (χ2n) is 1.63. The summed E-state index contributed by atoms with van der Waals surface area (Å²) in [5, 5.41) is 0. The van der Waals surface area contributed by atoms with Crippen LogP contribution in [-0.4, -0.2) is 24.8 Å². The third-order valence-electron chi connectivity index (χ3n) is 0.982. The van der Waals surface area contributed by atoms with Crippen LogP contribution in [0.1, 0.15) is 0 Å². The highest BCUT2D eigenvalue weighted by molar-refractivity contribution is 5.87. The summed E-state index contributed by atoms with van der Waals surface area (Å²) in [6, 6.07) is 0. The number of amidine groups is 1. The number of hydrazine groups is 1. The number of hydrogen-bond donors (Lipinski definition) is 3. The molecule has 1 unspecified atom stereocenters. The molecule has 0 radical (unpaired) electrons. The van der Waals surface area contributed by atoms with Gasteiger partial charge in [0.15, 0.2) is 12.5 Å². The van der Waals surface area contributed by atoms with E-state index in [9.17, 15) is 4.79 Å². The first-order valence-corrected chi connectivity index (χ1v) is 2.60. The maximum atomic E-state index is 10.0. The highest BCUT2D eigenvalue weighted by Crippen LogP contribution is 1.86. The van der Waals surface area contributed by atoms with E-state index in [1.54, 1.807) is 0 Å². The Bertz CT molecular complexity index is 144. The summed E-state index contributed by atoms with van der Waals surface area (Å²) >= 11 is 0. The largest absolute Gasteiger partial charge is 0.324 e. The third-order valence-corrected chi connectivity index (χ3v) is 0.982. The maximum Gasteiger partial charge on any atom is 0.174 e. The molecule has 9 heavy (non-hydrogen) atoms. The van der Waals surface area contributed by atoms with Crippen LogP contribution in [-0.2, 0) is 4.79 Å². The first kappa shape index (κ1) is 6.18. The molecule has 50 valence electrons. The summed E-state index contributed by atoms with van der Waals surface area (Å²) in [6.07, 6.45) is 0.249. The Morgan fingerprint density at radius 3 is 3.00 bits per heavy atom. The third kappa shape index (κ3) is 1.24. The predicted octanol–water partition coefficient (Wildman–Crippen LogP) is -2.02. The number of carbonyl (C=O) groups excluding carboxylic acids is 1. The van der Waals surface area contributed by atoms with E-state index in [4.69, 9.17) is 5.73 Å². The molecule has 0 bridgehead atoms. The molecule has 0 saturated heterocycles. The van der Waals surface area contributed by atoms with Crippen molar-refractivity contribution in [1.29, 1.82) is 0 Å². The Hall–Kier alpha value is -0.940. The van der Waals surface area contributed by atoms with Gasteiger partial charge in [-0.1, -0.05) is 0 Å². The first-order chi connectivity index (χ1) is 4.36. The molecule has 1 aliphatic rings. The molecule has 0 spiro atoms. The normalized spacial score (nSPS) is 25.0. The molecule has 1 aliphatic heterocycles. The molecule has 0 aromatic rings. The number of aliphatic imine (C=N–C) groups is 1. The van der Waals surface area contributed by atoms with Gasteiger partial charge in [0, 0.05) is 0 Å². The molecule has 0 fully saturated rings. The monoisotopic (exact) mass is 128 g/mol. The summed E-state index contributed by atoms with van der Waals surface area (Å²) < 4.78 is 0. The number of aldehydes is 1. The Morgan fingerprint density at radius 1 is 1.89 bits per heavy atom. The van der Waals surface area contributed by atoms with Crippen molar-refractivity contribution < 1.29 is 4.79 Å². The van der Waals surface area contributed by atoms with Gasteiger partial charge < -0.3 is 11.2 Å². The molecule has 0 amide bonds. The van der Waals surface area contributed by atoms with Crippen molar-refractivity contribution in [2.75, 3.05) is 6.54 Å². The van der Waals surface area contributed by atoms with E-state index in [-0.39, 0.29) is 0 Å². The van der Waals surface area contributed by atoms with Crippen molar-refractivity contribution in [2.45, 2.75) is 6.17 Å². The van der Waals surface area contributed by atoms with Crippen molar-refractivity contribution in [3.05, 3.63) is 0 Å². The first-order valence-electron chi connectivity index (χ1n) is 2.60. The molecule has 0 saturated carbocycles. The average Bonchev–Trinajstić information content (AvgIpc) is 2.34. The molecule has 0 aliphatic carbocycles. The van der Waals surface area contributed by atoms with Gasteiger partial charge in [0.25, 0.3) is 0 Å². The lowest BCUT2D eigenvalue weighted by molar-refractivity contribution is -0.109. The molecular formula is C4H8N4O. The van der Waals surface area contributed by atoms with Crippen LogP contribution >= 0.6 is 0 Å². The van der Waals surface area contributed by atoms with Gasteiger partial charge in [-0.25, -0.2) is 10.4 Å². The standard InChI is InChI=1S/C4H8N4O/c5-1-3-6-4(2-9)8-7-3/h2,4,8H,1,5H2,(H,6,7). The van der Waals surface area contributed by atoms with Gasteiger partial charge in [0.2, 0.25) is 0 Å². The smallest absolute Gasteiger partial charge is 0.174 e. The van der Waals surface area contributed by atoms with Crippen LogP contribution in [0.15, 0.2) is 4.99 Å². The average molecular weight is 128 g/mol. The molecule has 1 atom stereocenters. The topological polar surface area (TPSA) is 79.5 Å². The van der Waals surface area contributed by atoms with E-state index in [0.29, 0.717) is 18.7 Å². The Balaban J connectivity index is 2.49. The quantitative estimate of drug-likeness (QED) is 0.375. The van der Waals surface area contributed by atoms with E-state index in [1.807, 2.05) is 0 Å². The predicted molar refractivity (Wildman–Crippen MR) is 32.6 cm³/mol. The van der Waals surface area contributed by atoms with Crippen LogP contribution < -0.4 is 16.6 Å². The minimum absolute atomic E-state index is 0.331. The fourth-order valence-corrected chi connectivity index (χ4v) is 0.558. The number of carbonyl (C=O) groups is 1. The zero-order chi connectivity index (χ0) is 6.69. The summed E-state index contributed by atoms with van der Waals surface area (Å²) in [6.45, 7) is 0.331. The van der Waals surface area contributed by atoms with Gasteiger partial charge in [-0.3, -0.25) is 4.79 Å². The molecule has 1 heterocycles. The van der Waals surface area contributed by atoms with Crippen LogP contribution in [0.25, 0.3) is 0 Å². The van der Waals surface area contributed by atoms with E-state index < -0.39 is 6.17 Å². The second-order valence-corrected chi connectivity index (χ2v) is 1.63. The van der Waals surface area contributed by atoms with Gasteiger partial charge in [0.1, 0.15) is 5.84 Å². The minimum Gasteiger partial charge on any atom is -0.324 e. The van der Waals surface area contributed by atoms with Crippen molar-refractivity contribution in [3.63, 3.8) is 0 Å². The molecule has 5 nitrogen and oxygen atoms in total. The Morgan fingerprint density at radius 2 is 2.67 bits per heavy atom. The zero-order valence-corrected chi connectivity index (χ0v) is 4.79. The van der Waals surface area contributed by atoms with Gasteiger partial charge in [0.05, 0.1) is 6.54 Å². The molecular weight excluding hydrogens is 120 g/mol. The van der Waals surface area contributed by atoms with E-state index in [2.05, 4.69) is 15.8 Å². The molecule has 4 N–H and O–H groups in total. The minimum atomic E-state index is -0.455. The molecule has 0 aromatic carbocycles. The van der Waals surface area contributed by atoms with Crippen LogP contribution in [0.5, 0.6) is 0 Å². The number of rotatable bonds is 2. The summed E-state index contributed by atoms with van der Waals surface area (Å²) in [4.78, 5) is 13.8. The van der Waals surface area contributed by atoms with Crippen molar-refractivity contribution in [2.24, 2.45) is 10.7 Å². The second kappa shape index (κ2) is 2.56. The van der Waals surface area contributed by atoms with Crippen LogP contribution in [0.2, 0.25) is 0 Å². The summed E-state index contributed by atoms with van der Waals surface area (Å²) in [7, 11) is 0. The lowest BCUT2D eigenvalue weighted by Crippen LogP contribution is -2.37. The van der Waals surface area contributed by atoms with Gasteiger partial charge in [-0.15, -0.1) is 0 Å². The Kier molecular flexibility index (Phi) is 1.76. The van der Waals surface area contributed by atoms with E-state index >= 15 is 0 Å². The molecule has 0 aromatic heterocycles. The van der Waals surface area contributed by atoms with Crippen LogP contribution in [0, 0.1) is 0 Å². The lowest BCUT2D eigenvalue weighted by Gasteiger charge is -1.95. The maximum absolute atomic E-state index is 10.0. The molecule has 1 rings (SSSR count). The van der Waals surface area contributed by atoms with Crippen molar-refractivity contribution >= 4 is 12.1 Å². The van der Waals surface area contributed by atoms with Gasteiger partial charge in [-0.2, -0.15) is 0 Å². The number of nitrogens with two attached hydrogens (primary N) is 1. The highest BCUT2D eigenvalue weighted by Gasteiger charge is 2.11. The van der Waals surface area contributed by atoms with Crippen molar-refractivity contribution in [3.8, 4) is 0 Å². The number of hydrogen-bond acceptors (Lipinski definition) is 5. The van der Waals surface area contributed by atoms with Crippen LogP contribution in [0.4, 0.5) is 0 Å². The van der Waals surface area contributed by atoms with E-state index in [0.717, 1.165) is 0 Å². The summed E-state index contributed by atoms with van der Waals surface area (Å²) in [5.41, 5.74) is 10.5. The van der Waals surface area contributed by atoms with E-state index in [1.165, 1.54) is 0 Å². The Labute approximate surface area is 52.3 Å².